The number of aromatic nitrogens is 4. The molecule has 164 valence electrons. The lowest BCUT2D eigenvalue weighted by atomic mass is 10.1. The van der Waals surface area contributed by atoms with Crippen molar-refractivity contribution in [2.75, 3.05) is 31.1 Å². The van der Waals surface area contributed by atoms with E-state index in [1.54, 1.807) is 12.4 Å². The number of anilines is 1. The van der Waals surface area contributed by atoms with E-state index in [1.165, 1.54) is 11.3 Å². The SMILES string of the molecule is Sc1ccc(-c2nc3c(N4CCN(Cc5ccc6nccnc6c5)CC4)cccc3[nH]2)cc1. The maximum Gasteiger partial charge on any atom is 0.138 e. The number of hydrogen-bond donors (Lipinski definition) is 2. The first-order chi connectivity index (χ1) is 16.2. The van der Waals surface area contributed by atoms with Gasteiger partial charge in [-0.2, -0.15) is 0 Å². The van der Waals surface area contributed by atoms with Gasteiger partial charge in [-0.25, -0.2) is 4.98 Å². The van der Waals surface area contributed by atoms with Crippen LogP contribution in [0.5, 0.6) is 0 Å². The molecule has 6 nitrogen and oxygen atoms in total. The molecule has 1 saturated heterocycles. The summed E-state index contributed by atoms with van der Waals surface area (Å²) in [7, 11) is 0. The number of imidazole rings is 1. The molecule has 0 amide bonds. The summed E-state index contributed by atoms with van der Waals surface area (Å²) in [5.74, 6) is 0.892. The van der Waals surface area contributed by atoms with Crippen LogP contribution in [0.2, 0.25) is 0 Å². The fourth-order valence-electron chi connectivity index (χ4n) is 4.54. The quantitative estimate of drug-likeness (QED) is 0.384. The topological polar surface area (TPSA) is 60.9 Å². The fourth-order valence-corrected chi connectivity index (χ4v) is 4.69. The average Bonchev–Trinajstić information content (AvgIpc) is 3.29. The molecule has 0 radical (unpaired) electrons. The Balaban J connectivity index is 1.18. The molecule has 1 N–H and O–H groups in total. The lowest BCUT2D eigenvalue weighted by molar-refractivity contribution is 0.250. The van der Waals surface area contributed by atoms with Crippen LogP contribution in [0.25, 0.3) is 33.5 Å². The molecule has 2 aromatic heterocycles. The van der Waals surface area contributed by atoms with Crippen LogP contribution >= 0.6 is 12.6 Å². The van der Waals surface area contributed by atoms with E-state index in [1.807, 2.05) is 12.1 Å². The average molecular weight is 453 g/mol. The van der Waals surface area contributed by atoms with Crippen molar-refractivity contribution in [1.29, 1.82) is 0 Å². The highest BCUT2D eigenvalue weighted by Crippen LogP contribution is 2.29. The van der Waals surface area contributed by atoms with E-state index >= 15 is 0 Å². The second-order valence-corrected chi connectivity index (χ2v) is 8.96. The molecule has 6 rings (SSSR count). The Hall–Kier alpha value is -3.42. The van der Waals surface area contributed by atoms with Gasteiger partial charge in [0.25, 0.3) is 0 Å². The van der Waals surface area contributed by atoms with Crippen LogP contribution in [0.3, 0.4) is 0 Å². The molecular weight excluding hydrogens is 428 g/mol. The molecule has 0 atom stereocenters. The first-order valence-corrected chi connectivity index (χ1v) is 11.6. The van der Waals surface area contributed by atoms with E-state index in [0.29, 0.717) is 0 Å². The standard InChI is InChI=1S/C26H24N6S/c33-20-7-5-19(6-8-20)26-29-22-2-1-3-24(25(22)30-26)32-14-12-31(13-15-32)17-18-4-9-21-23(16-18)28-11-10-27-21/h1-11,16,33H,12-15,17H2,(H,29,30). The van der Waals surface area contributed by atoms with Gasteiger partial charge in [0.1, 0.15) is 11.3 Å². The Morgan fingerprint density at radius 1 is 0.848 bits per heavy atom. The molecule has 3 aromatic carbocycles. The van der Waals surface area contributed by atoms with Crippen molar-refractivity contribution in [3.05, 3.63) is 78.6 Å². The third-order valence-electron chi connectivity index (χ3n) is 6.29. The molecule has 5 aromatic rings. The van der Waals surface area contributed by atoms with Crippen LogP contribution in [-0.4, -0.2) is 51.0 Å². The third kappa shape index (κ3) is 4.05. The molecule has 33 heavy (non-hydrogen) atoms. The lowest BCUT2D eigenvalue weighted by Gasteiger charge is -2.36. The number of aromatic amines is 1. The predicted octanol–water partition coefficient (Wildman–Crippen LogP) is 4.78. The summed E-state index contributed by atoms with van der Waals surface area (Å²) < 4.78 is 0. The van der Waals surface area contributed by atoms with Crippen LogP contribution < -0.4 is 4.90 Å². The van der Waals surface area contributed by atoms with E-state index in [-0.39, 0.29) is 0 Å². The molecular formula is C26H24N6S. The van der Waals surface area contributed by atoms with E-state index in [9.17, 15) is 0 Å². The molecule has 0 unspecified atom stereocenters. The highest BCUT2D eigenvalue weighted by molar-refractivity contribution is 7.80. The summed E-state index contributed by atoms with van der Waals surface area (Å²) in [4.78, 5) is 23.1. The van der Waals surface area contributed by atoms with E-state index in [0.717, 1.165) is 71.1 Å². The molecule has 7 heteroatoms. The first-order valence-electron chi connectivity index (χ1n) is 11.2. The Morgan fingerprint density at radius 2 is 1.64 bits per heavy atom. The third-order valence-corrected chi connectivity index (χ3v) is 6.58. The summed E-state index contributed by atoms with van der Waals surface area (Å²) in [6.07, 6.45) is 3.49. The van der Waals surface area contributed by atoms with Gasteiger partial charge in [0.15, 0.2) is 0 Å². The monoisotopic (exact) mass is 452 g/mol. The number of H-pyrrole nitrogens is 1. The summed E-state index contributed by atoms with van der Waals surface area (Å²) >= 11 is 4.39. The van der Waals surface area contributed by atoms with E-state index in [2.05, 4.69) is 85.9 Å². The van der Waals surface area contributed by atoms with Gasteiger partial charge in [-0.05, 0) is 42.0 Å². The Kier molecular flexibility index (Phi) is 5.20. The van der Waals surface area contributed by atoms with Crippen LogP contribution in [0.1, 0.15) is 5.56 Å². The second-order valence-electron chi connectivity index (χ2n) is 8.45. The van der Waals surface area contributed by atoms with Gasteiger partial charge >= 0.3 is 0 Å². The second kappa shape index (κ2) is 8.50. The number of nitrogens with one attached hydrogen (secondary N) is 1. The van der Waals surface area contributed by atoms with Gasteiger partial charge < -0.3 is 9.88 Å². The van der Waals surface area contributed by atoms with E-state index in [4.69, 9.17) is 4.98 Å². The molecule has 1 aliphatic heterocycles. The zero-order valence-electron chi connectivity index (χ0n) is 18.1. The molecule has 1 aliphatic rings. The van der Waals surface area contributed by atoms with Gasteiger partial charge in [0.05, 0.1) is 22.2 Å². The fraction of sp³-hybridized carbons (Fsp3) is 0.192. The maximum atomic E-state index is 4.95. The first kappa shape index (κ1) is 20.2. The minimum absolute atomic E-state index is 0.892. The van der Waals surface area contributed by atoms with Gasteiger partial charge in [0, 0.05) is 55.6 Å². The maximum absolute atomic E-state index is 4.95. The number of benzene rings is 3. The van der Waals surface area contributed by atoms with Crippen LogP contribution in [0.4, 0.5) is 5.69 Å². The Labute approximate surface area is 197 Å². The van der Waals surface area contributed by atoms with Crippen molar-refractivity contribution in [2.45, 2.75) is 11.4 Å². The zero-order chi connectivity index (χ0) is 22.2. The highest BCUT2D eigenvalue weighted by Gasteiger charge is 2.20. The molecule has 0 spiro atoms. The van der Waals surface area contributed by atoms with Gasteiger partial charge in [-0.1, -0.05) is 24.3 Å². The molecule has 0 saturated carbocycles. The predicted molar refractivity (Wildman–Crippen MR) is 136 cm³/mol. The highest BCUT2D eigenvalue weighted by atomic mass is 32.1. The number of thiol groups is 1. The van der Waals surface area contributed by atoms with Crippen LogP contribution in [-0.2, 0) is 6.54 Å². The van der Waals surface area contributed by atoms with Crippen molar-refractivity contribution in [1.82, 2.24) is 24.8 Å². The Morgan fingerprint density at radius 3 is 2.45 bits per heavy atom. The van der Waals surface area contributed by atoms with Crippen LogP contribution in [0, 0.1) is 0 Å². The number of fused-ring (bicyclic) bond motifs is 2. The van der Waals surface area contributed by atoms with Gasteiger partial charge in [-0.3, -0.25) is 14.9 Å². The zero-order valence-corrected chi connectivity index (χ0v) is 19.0. The molecule has 0 aliphatic carbocycles. The molecule has 0 bridgehead atoms. The number of nitrogens with zero attached hydrogens (tertiary/aromatic N) is 5. The number of rotatable bonds is 4. The number of para-hydroxylation sites is 1. The van der Waals surface area contributed by atoms with Gasteiger partial charge in [0.2, 0.25) is 0 Å². The smallest absolute Gasteiger partial charge is 0.138 e. The van der Waals surface area contributed by atoms with Crippen molar-refractivity contribution in [3.63, 3.8) is 0 Å². The largest absolute Gasteiger partial charge is 0.367 e. The number of hydrogen-bond acceptors (Lipinski definition) is 6. The molecule has 1 fully saturated rings. The van der Waals surface area contributed by atoms with Crippen molar-refractivity contribution in [3.8, 4) is 11.4 Å². The Bertz CT molecular complexity index is 1420. The lowest BCUT2D eigenvalue weighted by Crippen LogP contribution is -2.46. The summed E-state index contributed by atoms with van der Waals surface area (Å²) in [5, 5.41) is 0. The normalized spacial score (nSPS) is 14.9. The van der Waals surface area contributed by atoms with Crippen molar-refractivity contribution >= 4 is 40.4 Å². The van der Waals surface area contributed by atoms with Crippen molar-refractivity contribution < 1.29 is 0 Å². The summed E-state index contributed by atoms with van der Waals surface area (Å²) in [6, 6.07) is 20.9. The summed E-state index contributed by atoms with van der Waals surface area (Å²) in [6.45, 7) is 4.90. The summed E-state index contributed by atoms with van der Waals surface area (Å²) in [5.41, 5.74) is 7.54. The minimum atomic E-state index is 0.892. The minimum Gasteiger partial charge on any atom is -0.367 e. The van der Waals surface area contributed by atoms with E-state index < -0.39 is 0 Å². The number of piperazine rings is 1. The molecule has 3 heterocycles. The van der Waals surface area contributed by atoms with Crippen LogP contribution in [0.15, 0.2) is 78.0 Å². The van der Waals surface area contributed by atoms with Crippen molar-refractivity contribution in [2.24, 2.45) is 0 Å². The van der Waals surface area contributed by atoms with Gasteiger partial charge in [-0.15, -0.1) is 12.6 Å².